The van der Waals surface area contributed by atoms with Crippen LogP contribution in [0, 0.1) is 17.2 Å². The van der Waals surface area contributed by atoms with Crippen LogP contribution in [-0.2, 0) is 4.79 Å². The molecule has 0 fully saturated rings. The number of carbonyl (C=O) groups is 1. The number of ether oxygens (including phenoxy) is 2. The Morgan fingerprint density at radius 1 is 1.42 bits per heavy atom. The summed E-state index contributed by atoms with van der Waals surface area (Å²) < 4.78 is 10.3. The van der Waals surface area contributed by atoms with E-state index in [4.69, 9.17) is 14.7 Å². The Kier molecular flexibility index (Phi) is 5.68. The fourth-order valence-corrected chi connectivity index (χ4v) is 1.61. The lowest BCUT2D eigenvalue weighted by molar-refractivity contribution is -0.116. The number of amides is 1. The van der Waals surface area contributed by atoms with Crippen LogP contribution >= 0.6 is 0 Å². The highest BCUT2D eigenvalue weighted by Gasteiger charge is 2.13. The van der Waals surface area contributed by atoms with Gasteiger partial charge in [0, 0.05) is 12.5 Å². The zero-order chi connectivity index (χ0) is 14.3. The lowest BCUT2D eigenvalue weighted by atomic mass is 10.0. The topological polar surface area (TPSA) is 71.4 Å². The number of nitrogens with zero attached hydrogens (tertiary/aromatic N) is 1. The van der Waals surface area contributed by atoms with Gasteiger partial charge in [-0.15, -0.1) is 0 Å². The largest absolute Gasteiger partial charge is 0.497 e. The van der Waals surface area contributed by atoms with Crippen molar-refractivity contribution in [3.8, 4) is 17.6 Å². The summed E-state index contributed by atoms with van der Waals surface area (Å²) in [4.78, 5) is 11.8. The van der Waals surface area contributed by atoms with Crippen LogP contribution in [0.4, 0.5) is 5.69 Å². The molecule has 1 amide bonds. The maximum Gasteiger partial charge on any atom is 0.225 e. The summed E-state index contributed by atoms with van der Waals surface area (Å²) in [6.07, 6.45) is 0.839. The van der Waals surface area contributed by atoms with Gasteiger partial charge < -0.3 is 14.8 Å². The molecule has 1 aromatic rings. The first-order valence-electron chi connectivity index (χ1n) is 6.06. The van der Waals surface area contributed by atoms with Crippen LogP contribution in [0.3, 0.4) is 0 Å². The molecule has 5 heteroatoms. The van der Waals surface area contributed by atoms with Gasteiger partial charge in [0.1, 0.15) is 11.5 Å². The number of anilines is 1. The highest BCUT2D eigenvalue weighted by Crippen LogP contribution is 2.29. The predicted molar refractivity (Wildman–Crippen MR) is 72.2 cm³/mol. The summed E-state index contributed by atoms with van der Waals surface area (Å²) in [5.74, 6) is 0.720. The van der Waals surface area contributed by atoms with E-state index in [-0.39, 0.29) is 18.2 Å². The Morgan fingerprint density at radius 2 is 2.16 bits per heavy atom. The molecule has 1 aromatic carbocycles. The number of nitrogens with one attached hydrogen (secondary N) is 1. The van der Waals surface area contributed by atoms with Crippen molar-refractivity contribution in [2.24, 2.45) is 5.92 Å². The molecule has 0 aliphatic rings. The summed E-state index contributed by atoms with van der Waals surface area (Å²) in [7, 11) is 3.08. The van der Waals surface area contributed by atoms with Gasteiger partial charge in [-0.2, -0.15) is 5.26 Å². The quantitative estimate of drug-likeness (QED) is 0.855. The van der Waals surface area contributed by atoms with Gasteiger partial charge >= 0.3 is 0 Å². The van der Waals surface area contributed by atoms with Crippen molar-refractivity contribution < 1.29 is 14.3 Å². The van der Waals surface area contributed by atoms with E-state index in [0.717, 1.165) is 0 Å². The van der Waals surface area contributed by atoms with Crippen LogP contribution in [-0.4, -0.2) is 20.1 Å². The molecule has 0 spiro atoms. The third-order valence-electron chi connectivity index (χ3n) is 2.79. The maximum absolute atomic E-state index is 11.8. The second-order valence-electron chi connectivity index (χ2n) is 4.05. The minimum atomic E-state index is -0.260. The molecule has 0 aromatic heterocycles. The summed E-state index contributed by atoms with van der Waals surface area (Å²) >= 11 is 0. The number of rotatable bonds is 6. The minimum absolute atomic E-state index is 0.183. The summed E-state index contributed by atoms with van der Waals surface area (Å²) in [5, 5.41) is 11.6. The lowest BCUT2D eigenvalue weighted by Crippen LogP contribution is -2.16. The van der Waals surface area contributed by atoms with E-state index in [1.54, 1.807) is 25.3 Å². The Morgan fingerprint density at radius 3 is 2.68 bits per heavy atom. The van der Waals surface area contributed by atoms with Crippen molar-refractivity contribution in [3.05, 3.63) is 18.2 Å². The van der Waals surface area contributed by atoms with Gasteiger partial charge in [0.25, 0.3) is 0 Å². The highest BCUT2D eigenvalue weighted by molar-refractivity contribution is 5.92. The fourth-order valence-electron chi connectivity index (χ4n) is 1.61. The first kappa shape index (κ1) is 14.8. The van der Waals surface area contributed by atoms with Gasteiger partial charge in [-0.05, 0) is 18.6 Å². The standard InChI is InChI=1S/C14H18N2O3/c1-4-10(9-15)7-14(17)16-12-6-5-11(18-2)8-13(12)19-3/h5-6,8,10H,4,7H2,1-3H3,(H,16,17). The molecule has 0 saturated carbocycles. The van der Waals surface area contributed by atoms with Gasteiger partial charge in [0.15, 0.2) is 0 Å². The molecule has 0 aliphatic heterocycles. The molecule has 0 bridgehead atoms. The van der Waals surface area contributed by atoms with Crippen molar-refractivity contribution in [3.63, 3.8) is 0 Å². The molecule has 0 heterocycles. The number of nitriles is 1. The van der Waals surface area contributed by atoms with Crippen molar-refractivity contribution in [2.45, 2.75) is 19.8 Å². The Labute approximate surface area is 113 Å². The zero-order valence-electron chi connectivity index (χ0n) is 11.4. The number of hydrogen-bond donors (Lipinski definition) is 1. The summed E-state index contributed by atoms with van der Waals surface area (Å²) in [6.45, 7) is 1.88. The van der Waals surface area contributed by atoms with Crippen LogP contribution in [0.5, 0.6) is 11.5 Å². The van der Waals surface area contributed by atoms with Crippen molar-refractivity contribution in [1.82, 2.24) is 0 Å². The van der Waals surface area contributed by atoms with E-state index in [0.29, 0.717) is 23.6 Å². The summed E-state index contributed by atoms with van der Waals surface area (Å²) in [6, 6.07) is 7.24. The Balaban J connectivity index is 2.76. The number of carbonyl (C=O) groups excluding carboxylic acids is 1. The third kappa shape index (κ3) is 4.18. The normalized spacial score (nSPS) is 11.3. The lowest BCUT2D eigenvalue weighted by Gasteiger charge is -2.12. The molecule has 1 atom stereocenters. The molecule has 0 saturated heterocycles. The Bertz CT molecular complexity index is 480. The van der Waals surface area contributed by atoms with Crippen LogP contribution in [0.15, 0.2) is 18.2 Å². The van der Waals surface area contributed by atoms with Crippen LogP contribution in [0.25, 0.3) is 0 Å². The molecule has 102 valence electrons. The molecule has 1 rings (SSSR count). The number of methoxy groups -OCH3 is 2. The van der Waals surface area contributed by atoms with Gasteiger partial charge in [-0.1, -0.05) is 6.92 Å². The van der Waals surface area contributed by atoms with Gasteiger partial charge in [-0.3, -0.25) is 4.79 Å². The number of benzene rings is 1. The first-order valence-corrected chi connectivity index (χ1v) is 6.06. The molecule has 5 nitrogen and oxygen atoms in total. The summed E-state index contributed by atoms with van der Waals surface area (Å²) in [5.41, 5.74) is 0.570. The van der Waals surface area contributed by atoms with Crippen molar-refractivity contribution in [2.75, 3.05) is 19.5 Å². The average molecular weight is 262 g/mol. The number of hydrogen-bond acceptors (Lipinski definition) is 4. The first-order chi connectivity index (χ1) is 9.14. The smallest absolute Gasteiger partial charge is 0.225 e. The van der Waals surface area contributed by atoms with Gasteiger partial charge in [-0.25, -0.2) is 0 Å². The zero-order valence-corrected chi connectivity index (χ0v) is 11.4. The van der Waals surface area contributed by atoms with E-state index in [9.17, 15) is 4.79 Å². The highest BCUT2D eigenvalue weighted by atomic mass is 16.5. The fraction of sp³-hybridized carbons (Fsp3) is 0.429. The van der Waals surface area contributed by atoms with Crippen LogP contribution in [0.2, 0.25) is 0 Å². The van der Waals surface area contributed by atoms with Crippen molar-refractivity contribution >= 4 is 11.6 Å². The predicted octanol–water partition coefficient (Wildman–Crippen LogP) is 2.58. The van der Waals surface area contributed by atoms with E-state index in [1.165, 1.54) is 7.11 Å². The van der Waals surface area contributed by atoms with E-state index < -0.39 is 0 Å². The minimum Gasteiger partial charge on any atom is -0.497 e. The second-order valence-corrected chi connectivity index (χ2v) is 4.05. The maximum atomic E-state index is 11.8. The molecule has 1 N–H and O–H groups in total. The molecular formula is C14H18N2O3. The monoisotopic (exact) mass is 262 g/mol. The molecule has 0 aliphatic carbocycles. The SMILES string of the molecule is CCC(C#N)CC(=O)Nc1ccc(OC)cc1OC. The molecular weight excluding hydrogens is 244 g/mol. The van der Waals surface area contributed by atoms with Crippen LogP contribution in [0.1, 0.15) is 19.8 Å². The van der Waals surface area contributed by atoms with E-state index in [1.807, 2.05) is 6.92 Å². The van der Waals surface area contributed by atoms with Crippen molar-refractivity contribution in [1.29, 1.82) is 5.26 Å². The third-order valence-corrected chi connectivity index (χ3v) is 2.79. The molecule has 19 heavy (non-hydrogen) atoms. The van der Waals surface area contributed by atoms with Crippen LogP contribution < -0.4 is 14.8 Å². The molecule has 1 unspecified atom stereocenters. The average Bonchev–Trinajstić information content (AvgIpc) is 2.45. The second kappa shape index (κ2) is 7.27. The van der Waals surface area contributed by atoms with Gasteiger partial charge in [0.05, 0.1) is 31.9 Å². The van der Waals surface area contributed by atoms with E-state index in [2.05, 4.69) is 11.4 Å². The van der Waals surface area contributed by atoms with Gasteiger partial charge in [0.2, 0.25) is 5.91 Å². The Hall–Kier alpha value is -2.22. The van der Waals surface area contributed by atoms with E-state index >= 15 is 0 Å². The molecule has 0 radical (unpaired) electrons.